The van der Waals surface area contributed by atoms with E-state index in [1.807, 2.05) is 0 Å². The van der Waals surface area contributed by atoms with E-state index in [0.717, 1.165) is 26.2 Å². The van der Waals surface area contributed by atoms with E-state index in [4.69, 9.17) is 9.84 Å². The number of rotatable bonds is 3. The number of carbonyl (C=O) groups is 1. The van der Waals surface area contributed by atoms with E-state index in [-0.39, 0.29) is 5.56 Å². The van der Waals surface area contributed by atoms with Crippen LogP contribution in [0, 0.1) is 5.92 Å². The fourth-order valence-corrected chi connectivity index (χ4v) is 1.57. The second-order valence-electron chi connectivity index (χ2n) is 3.49. The molecule has 1 unspecified atom stereocenters. The average Bonchev–Trinajstić information content (AvgIpc) is 2.75. The molecule has 0 saturated carbocycles. The third-order valence-electron chi connectivity index (χ3n) is 2.35. The summed E-state index contributed by atoms with van der Waals surface area (Å²) in [5.41, 5.74) is 0.240. The maximum atomic E-state index is 10.6. The Kier molecular flexibility index (Phi) is 2.49. The van der Waals surface area contributed by atoms with Gasteiger partial charge in [0, 0.05) is 25.3 Å². The molecule has 1 saturated heterocycles. The summed E-state index contributed by atoms with van der Waals surface area (Å²) in [4.78, 5) is 10.6. The van der Waals surface area contributed by atoms with Crippen LogP contribution in [0.5, 0.6) is 0 Å². The van der Waals surface area contributed by atoms with E-state index >= 15 is 0 Å². The molecule has 1 aromatic heterocycles. The predicted molar refractivity (Wildman–Crippen MR) is 48.1 cm³/mol. The molecule has 0 aliphatic carbocycles. The molecule has 1 aliphatic rings. The summed E-state index contributed by atoms with van der Waals surface area (Å²) in [6.45, 7) is 2.30. The van der Waals surface area contributed by atoms with Crippen molar-refractivity contribution in [1.82, 2.24) is 9.78 Å². The zero-order chi connectivity index (χ0) is 9.97. The molecule has 0 spiro atoms. The third-order valence-corrected chi connectivity index (χ3v) is 2.35. The largest absolute Gasteiger partial charge is 0.478 e. The van der Waals surface area contributed by atoms with Crippen molar-refractivity contribution in [3.8, 4) is 0 Å². The van der Waals surface area contributed by atoms with Gasteiger partial charge >= 0.3 is 5.97 Å². The number of nitrogens with zero attached hydrogens (tertiary/aromatic N) is 2. The molecule has 76 valence electrons. The zero-order valence-corrected chi connectivity index (χ0v) is 7.72. The van der Waals surface area contributed by atoms with Gasteiger partial charge in [-0.05, 0) is 6.42 Å². The summed E-state index contributed by atoms with van der Waals surface area (Å²) in [7, 11) is 0. The van der Waals surface area contributed by atoms with Crippen LogP contribution in [0.2, 0.25) is 0 Å². The SMILES string of the molecule is O=C(O)c1cnn(CC2CCOC2)c1. The summed E-state index contributed by atoms with van der Waals surface area (Å²) >= 11 is 0. The van der Waals surface area contributed by atoms with Crippen molar-refractivity contribution in [2.45, 2.75) is 13.0 Å². The fourth-order valence-electron chi connectivity index (χ4n) is 1.57. The van der Waals surface area contributed by atoms with Crippen molar-refractivity contribution in [2.24, 2.45) is 5.92 Å². The van der Waals surface area contributed by atoms with E-state index in [1.165, 1.54) is 6.20 Å². The van der Waals surface area contributed by atoms with Crippen LogP contribution >= 0.6 is 0 Å². The maximum absolute atomic E-state index is 10.6. The lowest BCUT2D eigenvalue weighted by Gasteiger charge is -2.06. The average molecular weight is 196 g/mol. The number of carboxylic acid groups (broad SMARTS) is 1. The first-order chi connectivity index (χ1) is 6.75. The Bertz CT molecular complexity index is 329. The zero-order valence-electron chi connectivity index (χ0n) is 7.72. The Morgan fingerprint density at radius 1 is 1.79 bits per heavy atom. The molecule has 5 nitrogen and oxygen atoms in total. The van der Waals surface area contributed by atoms with Gasteiger partial charge in [0.15, 0.2) is 0 Å². The van der Waals surface area contributed by atoms with Crippen LogP contribution in [0.1, 0.15) is 16.8 Å². The first-order valence-corrected chi connectivity index (χ1v) is 4.59. The number of hydrogen-bond acceptors (Lipinski definition) is 3. The molecule has 14 heavy (non-hydrogen) atoms. The number of carboxylic acids is 1. The first-order valence-electron chi connectivity index (χ1n) is 4.59. The molecule has 0 aromatic carbocycles. The topological polar surface area (TPSA) is 64.3 Å². The molecule has 0 amide bonds. The number of aromatic nitrogens is 2. The number of ether oxygens (including phenoxy) is 1. The van der Waals surface area contributed by atoms with Gasteiger partial charge in [-0.25, -0.2) is 4.79 Å². The molecule has 0 radical (unpaired) electrons. The molecule has 1 N–H and O–H groups in total. The monoisotopic (exact) mass is 196 g/mol. The Hall–Kier alpha value is -1.36. The highest BCUT2D eigenvalue weighted by atomic mass is 16.5. The van der Waals surface area contributed by atoms with E-state index in [2.05, 4.69) is 5.10 Å². The van der Waals surface area contributed by atoms with Crippen molar-refractivity contribution < 1.29 is 14.6 Å². The maximum Gasteiger partial charge on any atom is 0.338 e. The van der Waals surface area contributed by atoms with Gasteiger partial charge in [0.1, 0.15) is 0 Å². The van der Waals surface area contributed by atoms with E-state index in [0.29, 0.717) is 5.92 Å². The Morgan fingerprint density at radius 3 is 3.21 bits per heavy atom. The molecule has 1 aromatic rings. The summed E-state index contributed by atoms with van der Waals surface area (Å²) in [6.07, 6.45) is 3.96. The smallest absolute Gasteiger partial charge is 0.338 e. The number of hydrogen-bond donors (Lipinski definition) is 1. The minimum atomic E-state index is -0.932. The van der Waals surface area contributed by atoms with Gasteiger partial charge in [-0.3, -0.25) is 4.68 Å². The lowest BCUT2D eigenvalue weighted by atomic mass is 10.1. The molecule has 5 heteroatoms. The molecule has 2 rings (SSSR count). The first kappa shape index (κ1) is 9.21. The second kappa shape index (κ2) is 3.79. The highest BCUT2D eigenvalue weighted by Gasteiger charge is 2.17. The molecule has 0 bridgehead atoms. The third kappa shape index (κ3) is 1.93. The molecular weight excluding hydrogens is 184 g/mol. The predicted octanol–water partition coefficient (Wildman–Crippen LogP) is 0.618. The fraction of sp³-hybridized carbons (Fsp3) is 0.556. The molecule has 2 heterocycles. The van der Waals surface area contributed by atoms with Crippen molar-refractivity contribution >= 4 is 5.97 Å². The van der Waals surface area contributed by atoms with Gasteiger partial charge < -0.3 is 9.84 Å². The highest BCUT2D eigenvalue weighted by Crippen LogP contribution is 2.14. The van der Waals surface area contributed by atoms with Crippen LogP contribution in [0.4, 0.5) is 0 Å². The normalized spacial score (nSPS) is 21.3. The van der Waals surface area contributed by atoms with Gasteiger partial charge in [-0.15, -0.1) is 0 Å². The standard InChI is InChI=1S/C9H12N2O3/c12-9(13)8-3-10-11(5-8)4-7-1-2-14-6-7/h3,5,7H,1-2,4,6H2,(H,12,13). The molecule has 1 atom stereocenters. The van der Waals surface area contributed by atoms with E-state index < -0.39 is 5.97 Å². The summed E-state index contributed by atoms with van der Waals surface area (Å²) in [5.74, 6) is -0.463. The van der Waals surface area contributed by atoms with Crippen LogP contribution in [0.3, 0.4) is 0 Å². The van der Waals surface area contributed by atoms with Gasteiger partial charge in [-0.1, -0.05) is 0 Å². The molecule has 1 fully saturated rings. The van der Waals surface area contributed by atoms with Gasteiger partial charge in [0.2, 0.25) is 0 Å². The Morgan fingerprint density at radius 2 is 2.64 bits per heavy atom. The Labute approximate surface area is 81.3 Å². The quantitative estimate of drug-likeness (QED) is 0.769. The van der Waals surface area contributed by atoms with Crippen molar-refractivity contribution in [2.75, 3.05) is 13.2 Å². The van der Waals surface area contributed by atoms with Crippen LogP contribution in [-0.2, 0) is 11.3 Å². The van der Waals surface area contributed by atoms with Crippen LogP contribution in [0.25, 0.3) is 0 Å². The van der Waals surface area contributed by atoms with Crippen molar-refractivity contribution in [1.29, 1.82) is 0 Å². The van der Waals surface area contributed by atoms with Crippen LogP contribution < -0.4 is 0 Å². The number of aromatic carboxylic acids is 1. The van der Waals surface area contributed by atoms with Crippen molar-refractivity contribution in [3.05, 3.63) is 18.0 Å². The van der Waals surface area contributed by atoms with Crippen LogP contribution in [-0.4, -0.2) is 34.1 Å². The van der Waals surface area contributed by atoms with E-state index in [1.54, 1.807) is 10.9 Å². The summed E-state index contributed by atoms with van der Waals surface area (Å²) in [5, 5.41) is 12.7. The molecule has 1 aliphatic heterocycles. The minimum absolute atomic E-state index is 0.240. The summed E-state index contributed by atoms with van der Waals surface area (Å²) < 4.78 is 6.90. The summed E-state index contributed by atoms with van der Waals surface area (Å²) in [6, 6.07) is 0. The van der Waals surface area contributed by atoms with Crippen LogP contribution in [0.15, 0.2) is 12.4 Å². The van der Waals surface area contributed by atoms with E-state index in [9.17, 15) is 4.79 Å². The molecular formula is C9H12N2O3. The Balaban J connectivity index is 1.98. The highest BCUT2D eigenvalue weighted by molar-refractivity contribution is 5.86. The van der Waals surface area contributed by atoms with Crippen molar-refractivity contribution in [3.63, 3.8) is 0 Å². The van der Waals surface area contributed by atoms with Gasteiger partial charge in [-0.2, -0.15) is 5.10 Å². The van der Waals surface area contributed by atoms with Gasteiger partial charge in [0.25, 0.3) is 0 Å². The second-order valence-corrected chi connectivity index (χ2v) is 3.49. The minimum Gasteiger partial charge on any atom is -0.478 e. The lowest BCUT2D eigenvalue weighted by Crippen LogP contribution is -2.10. The van der Waals surface area contributed by atoms with Gasteiger partial charge in [0.05, 0.1) is 18.4 Å². The lowest BCUT2D eigenvalue weighted by molar-refractivity contribution is 0.0696.